The Kier molecular flexibility index (Phi) is 11.7. The van der Waals surface area contributed by atoms with Crippen molar-refractivity contribution in [2.24, 2.45) is 5.41 Å². The molecule has 0 atom stereocenters. The van der Waals surface area contributed by atoms with Crippen LogP contribution in [0.2, 0.25) is 0 Å². The first-order chi connectivity index (χ1) is 15.0. The van der Waals surface area contributed by atoms with Gasteiger partial charge in [0, 0.05) is 104 Å². The molecule has 2 bridgehead atoms. The van der Waals surface area contributed by atoms with Crippen LogP contribution in [0.5, 0.6) is 0 Å². The monoisotopic (exact) mass is 440 g/mol. The highest BCUT2D eigenvalue weighted by atomic mass is 16.2. The molecule has 0 saturated carbocycles. The predicted molar refractivity (Wildman–Crippen MR) is 124 cm³/mol. The van der Waals surface area contributed by atoms with Crippen LogP contribution in [0.1, 0.15) is 26.2 Å². The largest absolute Gasteiger partial charge is 0.359 e. The summed E-state index contributed by atoms with van der Waals surface area (Å²) in [5, 5.41) is 27.3. The molecule has 0 aromatic rings. The molecule has 10 heteroatoms. The zero-order valence-electron chi connectivity index (χ0n) is 19.4. The van der Waals surface area contributed by atoms with Gasteiger partial charge in [0.2, 0.25) is 11.8 Å². The van der Waals surface area contributed by atoms with Crippen molar-refractivity contribution < 1.29 is 9.59 Å². The molecule has 3 heterocycles. The number of hydrogen-bond acceptors (Lipinski definition) is 8. The molecule has 0 aromatic heterocycles. The maximum Gasteiger partial charge on any atom is 0.220 e. The molecule has 3 saturated heterocycles. The fourth-order valence-corrected chi connectivity index (χ4v) is 4.08. The lowest BCUT2D eigenvalue weighted by molar-refractivity contribution is -0.123. The van der Waals surface area contributed by atoms with Crippen LogP contribution in [0.3, 0.4) is 0 Å². The first-order valence-corrected chi connectivity index (χ1v) is 11.7. The van der Waals surface area contributed by atoms with Crippen LogP contribution in [0, 0.1) is 5.41 Å². The third-order valence-corrected chi connectivity index (χ3v) is 5.97. The summed E-state index contributed by atoms with van der Waals surface area (Å²) in [4.78, 5) is 24.2. The number of carbonyl (C=O) groups excluding carboxylic acids is 2. The molecule has 2 amide bonds. The van der Waals surface area contributed by atoms with E-state index >= 15 is 0 Å². The van der Waals surface area contributed by atoms with Gasteiger partial charge in [-0.05, 0) is 6.42 Å². The Bertz CT molecular complexity index is 502. The van der Waals surface area contributed by atoms with E-state index in [1.54, 1.807) is 7.05 Å². The van der Waals surface area contributed by atoms with Gasteiger partial charge in [-0.25, -0.2) is 0 Å². The van der Waals surface area contributed by atoms with Gasteiger partial charge in [-0.15, -0.1) is 0 Å². The molecule has 8 N–H and O–H groups in total. The third kappa shape index (κ3) is 10.2. The molecule has 3 aliphatic heterocycles. The van der Waals surface area contributed by atoms with Crippen molar-refractivity contribution in [2.75, 3.05) is 85.6 Å². The minimum atomic E-state index is -0.438. The molecular weight excluding hydrogens is 396 g/mol. The molecule has 0 aliphatic carbocycles. The van der Waals surface area contributed by atoms with Gasteiger partial charge in [-0.1, -0.05) is 6.92 Å². The van der Waals surface area contributed by atoms with Gasteiger partial charge in [-0.3, -0.25) is 9.59 Å². The molecule has 3 aliphatic rings. The van der Waals surface area contributed by atoms with E-state index in [1.165, 1.54) is 0 Å². The minimum absolute atomic E-state index is 0.0123. The van der Waals surface area contributed by atoms with Gasteiger partial charge >= 0.3 is 0 Å². The Morgan fingerprint density at radius 1 is 0.677 bits per heavy atom. The van der Waals surface area contributed by atoms with Crippen LogP contribution in [-0.4, -0.2) is 103 Å². The number of rotatable bonds is 5. The highest BCUT2D eigenvalue weighted by molar-refractivity contribution is 5.79. The summed E-state index contributed by atoms with van der Waals surface area (Å²) in [6, 6.07) is 0. The topological polar surface area (TPSA) is 130 Å². The Balaban J connectivity index is 2.04. The Morgan fingerprint density at radius 3 is 1.48 bits per heavy atom. The second-order valence-electron chi connectivity index (χ2n) is 9.23. The van der Waals surface area contributed by atoms with Crippen LogP contribution < -0.4 is 42.5 Å². The molecule has 0 unspecified atom stereocenters. The van der Waals surface area contributed by atoms with Crippen LogP contribution in [-0.2, 0) is 9.59 Å². The van der Waals surface area contributed by atoms with E-state index in [4.69, 9.17) is 0 Å². The van der Waals surface area contributed by atoms with E-state index < -0.39 is 5.54 Å². The smallest absolute Gasteiger partial charge is 0.220 e. The van der Waals surface area contributed by atoms with E-state index in [0.717, 1.165) is 58.9 Å². The maximum atomic E-state index is 12.7. The van der Waals surface area contributed by atoms with Gasteiger partial charge in [0.15, 0.2) is 0 Å². The first kappa shape index (κ1) is 26.0. The highest BCUT2D eigenvalue weighted by Crippen LogP contribution is 2.12. The quantitative estimate of drug-likeness (QED) is 0.232. The third-order valence-electron chi connectivity index (χ3n) is 5.97. The number of fused-ring (bicyclic) bond motifs is 15. The number of hydrogen-bond donors (Lipinski definition) is 8. The molecule has 3 rings (SSSR count). The SMILES string of the molecule is CNC(=O)CCCC(=O)NC12CNCCNCC(C)(CNCCNC1)CNCCNC2. The van der Waals surface area contributed by atoms with Crippen molar-refractivity contribution in [1.82, 2.24) is 42.5 Å². The Morgan fingerprint density at radius 2 is 1.06 bits per heavy atom. The first-order valence-electron chi connectivity index (χ1n) is 11.7. The van der Waals surface area contributed by atoms with Crippen LogP contribution in [0.25, 0.3) is 0 Å². The zero-order chi connectivity index (χ0) is 22.4. The summed E-state index contributed by atoms with van der Waals surface area (Å²) in [6.45, 7) is 12.3. The summed E-state index contributed by atoms with van der Waals surface area (Å²) >= 11 is 0. The fourth-order valence-electron chi connectivity index (χ4n) is 4.08. The molecule has 3 fully saturated rings. The Labute approximate surface area is 187 Å². The van der Waals surface area contributed by atoms with Gasteiger partial charge in [-0.2, -0.15) is 0 Å². The molecule has 180 valence electrons. The van der Waals surface area contributed by atoms with Crippen molar-refractivity contribution in [1.29, 1.82) is 0 Å². The van der Waals surface area contributed by atoms with Crippen LogP contribution in [0.4, 0.5) is 0 Å². The van der Waals surface area contributed by atoms with Crippen molar-refractivity contribution in [3.63, 3.8) is 0 Å². The van der Waals surface area contributed by atoms with Crippen molar-refractivity contribution in [3.8, 4) is 0 Å². The van der Waals surface area contributed by atoms with Gasteiger partial charge in [0.05, 0.1) is 5.54 Å². The van der Waals surface area contributed by atoms with Crippen molar-refractivity contribution in [3.05, 3.63) is 0 Å². The summed E-state index contributed by atoms with van der Waals surface area (Å²) in [5.41, 5.74) is -0.284. The second kappa shape index (κ2) is 14.0. The van der Waals surface area contributed by atoms with Crippen LogP contribution >= 0.6 is 0 Å². The lowest BCUT2D eigenvalue weighted by Gasteiger charge is -2.37. The molecule has 0 aromatic carbocycles. The van der Waals surface area contributed by atoms with E-state index in [-0.39, 0.29) is 17.2 Å². The zero-order valence-corrected chi connectivity index (χ0v) is 19.4. The molecule has 31 heavy (non-hydrogen) atoms. The maximum absolute atomic E-state index is 12.7. The van der Waals surface area contributed by atoms with E-state index in [1.807, 2.05) is 0 Å². The number of nitrogens with one attached hydrogen (secondary N) is 8. The van der Waals surface area contributed by atoms with E-state index in [0.29, 0.717) is 38.9 Å². The lowest BCUT2D eigenvalue weighted by Crippen LogP contribution is -2.66. The summed E-state index contributed by atoms with van der Waals surface area (Å²) in [6.07, 6.45) is 1.26. The van der Waals surface area contributed by atoms with Gasteiger partial charge in [0.25, 0.3) is 0 Å². The average molecular weight is 441 g/mol. The normalized spacial score (nSPS) is 29.5. The van der Waals surface area contributed by atoms with Gasteiger partial charge < -0.3 is 42.5 Å². The van der Waals surface area contributed by atoms with Crippen LogP contribution in [0.15, 0.2) is 0 Å². The minimum Gasteiger partial charge on any atom is -0.359 e. The molecule has 0 spiro atoms. The summed E-state index contributed by atoms with van der Waals surface area (Å²) < 4.78 is 0. The summed E-state index contributed by atoms with van der Waals surface area (Å²) in [5.74, 6) is -0.0442. The van der Waals surface area contributed by atoms with E-state index in [9.17, 15) is 9.59 Å². The number of carbonyl (C=O) groups is 2. The highest BCUT2D eigenvalue weighted by Gasteiger charge is 2.31. The summed E-state index contributed by atoms with van der Waals surface area (Å²) in [7, 11) is 1.62. The second-order valence-corrected chi connectivity index (χ2v) is 9.23. The fraction of sp³-hybridized carbons (Fsp3) is 0.905. The predicted octanol–water partition coefficient (Wildman–Crippen LogP) is -2.67. The van der Waals surface area contributed by atoms with Crippen molar-refractivity contribution in [2.45, 2.75) is 31.7 Å². The molecular formula is C21H44N8O2. The van der Waals surface area contributed by atoms with Crippen molar-refractivity contribution >= 4 is 11.8 Å². The van der Waals surface area contributed by atoms with E-state index in [2.05, 4.69) is 49.5 Å². The average Bonchev–Trinajstić information content (AvgIpc) is 2.74. The number of amides is 2. The van der Waals surface area contributed by atoms with Gasteiger partial charge in [0.1, 0.15) is 0 Å². The Hall–Kier alpha value is -1.30. The standard InChI is InChI=1S/C21H44N8O2/c1-20-12-23-6-9-26-15-21(16-27-10-7-24-13-20,17-28-11-8-25-14-20)29-19(31)5-3-4-18(30)22-2/h23-28H,3-17H2,1-2H3,(H,22,30)(H,29,31). The lowest BCUT2D eigenvalue weighted by atomic mass is 9.90. The molecule has 0 radical (unpaired) electrons. The molecule has 10 nitrogen and oxygen atoms in total.